The monoisotopic (exact) mass is 255 g/mol. The van der Waals surface area contributed by atoms with Crippen LogP contribution in [-0.2, 0) is 0 Å². The minimum atomic E-state index is 1.08. The van der Waals surface area contributed by atoms with Gasteiger partial charge in [0.2, 0.25) is 0 Å². The first kappa shape index (κ1) is 12.3. The first-order valence-electron chi connectivity index (χ1n) is 6.97. The van der Waals surface area contributed by atoms with Crippen LogP contribution in [-0.4, -0.2) is 30.7 Å². The van der Waals surface area contributed by atoms with Crippen molar-refractivity contribution in [2.75, 3.05) is 31.1 Å². The Hall–Kier alpha value is -1.74. The highest BCUT2D eigenvalue weighted by Crippen LogP contribution is 2.22. The molecule has 0 aliphatic carbocycles. The number of rotatable bonds is 2. The predicted octanol–water partition coefficient (Wildman–Crippen LogP) is 2.50. The number of nitrogens with zero attached hydrogens (tertiary/aromatic N) is 2. The Morgan fingerprint density at radius 2 is 1.53 bits per heavy atom. The molecule has 0 saturated carbocycles. The van der Waals surface area contributed by atoms with Crippen LogP contribution in [0.5, 0.6) is 0 Å². The summed E-state index contributed by atoms with van der Waals surface area (Å²) in [5.41, 5.74) is 5.16. The van der Waals surface area contributed by atoms with Crippen LogP contribution in [0.15, 0.2) is 36.4 Å². The second-order valence-electron chi connectivity index (χ2n) is 5.21. The summed E-state index contributed by atoms with van der Waals surface area (Å²) in [6, 6.07) is 13.2. The molecule has 1 aromatic carbocycles. The summed E-state index contributed by atoms with van der Waals surface area (Å²) >= 11 is 0. The zero-order chi connectivity index (χ0) is 13.2. The Morgan fingerprint density at radius 3 is 2.21 bits per heavy atom. The van der Waals surface area contributed by atoms with E-state index in [1.54, 1.807) is 0 Å². The first-order chi connectivity index (χ1) is 9.25. The molecule has 2 aromatic rings. The molecule has 2 heterocycles. The van der Waals surface area contributed by atoms with Gasteiger partial charge in [-0.05, 0) is 44.2 Å². The van der Waals surface area contributed by atoms with Crippen LogP contribution in [0, 0.1) is 13.8 Å². The number of piperazine rings is 1. The molecule has 1 saturated heterocycles. The second kappa shape index (κ2) is 5.10. The highest BCUT2D eigenvalue weighted by Gasteiger charge is 2.11. The van der Waals surface area contributed by atoms with Crippen LogP contribution >= 0.6 is 0 Å². The Morgan fingerprint density at radius 1 is 0.895 bits per heavy atom. The zero-order valence-corrected chi connectivity index (χ0v) is 11.7. The zero-order valence-electron chi connectivity index (χ0n) is 11.7. The molecular weight excluding hydrogens is 234 g/mol. The van der Waals surface area contributed by atoms with E-state index in [0.29, 0.717) is 0 Å². The van der Waals surface area contributed by atoms with Crippen LogP contribution in [0.4, 0.5) is 5.69 Å². The summed E-state index contributed by atoms with van der Waals surface area (Å²) in [4.78, 5) is 2.45. The van der Waals surface area contributed by atoms with Gasteiger partial charge in [-0.25, -0.2) is 0 Å². The molecule has 3 nitrogen and oxygen atoms in total. The van der Waals surface area contributed by atoms with Gasteiger partial charge in [0.15, 0.2) is 0 Å². The van der Waals surface area contributed by atoms with E-state index >= 15 is 0 Å². The number of hydrogen-bond acceptors (Lipinski definition) is 2. The SMILES string of the molecule is Cc1ccc(C)n1-c1cccc(N2CCNCC2)c1. The Balaban J connectivity index is 1.95. The van der Waals surface area contributed by atoms with E-state index in [9.17, 15) is 0 Å². The van der Waals surface area contributed by atoms with E-state index in [2.05, 4.69) is 65.0 Å². The van der Waals surface area contributed by atoms with Gasteiger partial charge in [0.05, 0.1) is 0 Å². The van der Waals surface area contributed by atoms with Crippen molar-refractivity contribution in [2.45, 2.75) is 13.8 Å². The number of nitrogens with one attached hydrogen (secondary N) is 1. The maximum atomic E-state index is 3.40. The van der Waals surface area contributed by atoms with Crippen LogP contribution in [0.1, 0.15) is 11.4 Å². The molecule has 0 amide bonds. The molecule has 1 aliphatic heterocycles. The summed E-state index contributed by atoms with van der Waals surface area (Å²) in [5.74, 6) is 0. The van der Waals surface area contributed by atoms with Crippen molar-refractivity contribution in [1.82, 2.24) is 9.88 Å². The molecule has 1 aromatic heterocycles. The topological polar surface area (TPSA) is 20.2 Å². The fourth-order valence-corrected chi connectivity index (χ4v) is 2.83. The molecule has 100 valence electrons. The van der Waals surface area contributed by atoms with Crippen molar-refractivity contribution < 1.29 is 0 Å². The largest absolute Gasteiger partial charge is 0.369 e. The summed E-state index contributed by atoms with van der Waals surface area (Å²) in [6.45, 7) is 8.65. The number of hydrogen-bond donors (Lipinski definition) is 1. The number of aryl methyl sites for hydroxylation is 2. The number of anilines is 1. The summed E-state index contributed by atoms with van der Waals surface area (Å²) in [7, 11) is 0. The Labute approximate surface area is 114 Å². The Bertz CT molecular complexity index is 546. The van der Waals surface area contributed by atoms with Crippen molar-refractivity contribution >= 4 is 5.69 Å². The van der Waals surface area contributed by atoms with E-state index in [0.717, 1.165) is 26.2 Å². The van der Waals surface area contributed by atoms with Gasteiger partial charge in [-0.3, -0.25) is 0 Å². The normalized spacial score (nSPS) is 15.8. The third kappa shape index (κ3) is 2.38. The molecule has 0 spiro atoms. The average molecular weight is 255 g/mol. The third-order valence-electron chi connectivity index (χ3n) is 3.84. The lowest BCUT2D eigenvalue weighted by Crippen LogP contribution is -2.43. The molecule has 1 fully saturated rings. The molecule has 3 heteroatoms. The molecule has 1 aliphatic rings. The lowest BCUT2D eigenvalue weighted by Gasteiger charge is -2.29. The summed E-state index contributed by atoms with van der Waals surface area (Å²) < 4.78 is 2.31. The minimum Gasteiger partial charge on any atom is -0.369 e. The van der Waals surface area contributed by atoms with Crippen molar-refractivity contribution in [2.24, 2.45) is 0 Å². The predicted molar refractivity (Wildman–Crippen MR) is 80.3 cm³/mol. The standard InChI is InChI=1S/C16H21N3/c1-13-6-7-14(2)19(13)16-5-3-4-15(12-16)18-10-8-17-9-11-18/h3-7,12,17H,8-11H2,1-2H3. The van der Waals surface area contributed by atoms with E-state index in [-0.39, 0.29) is 0 Å². The van der Waals surface area contributed by atoms with E-state index < -0.39 is 0 Å². The molecular formula is C16H21N3. The van der Waals surface area contributed by atoms with Gasteiger partial charge in [0.1, 0.15) is 0 Å². The van der Waals surface area contributed by atoms with Gasteiger partial charge in [-0.1, -0.05) is 6.07 Å². The molecule has 3 rings (SSSR count). The van der Waals surface area contributed by atoms with Gasteiger partial charge in [0.25, 0.3) is 0 Å². The smallest absolute Gasteiger partial charge is 0.0475 e. The van der Waals surface area contributed by atoms with Gasteiger partial charge >= 0.3 is 0 Å². The van der Waals surface area contributed by atoms with Crippen LogP contribution in [0.3, 0.4) is 0 Å². The summed E-state index contributed by atoms with van der Waals surface area (Å²) in [5, 5.41) is 3.40. The van der Waals surface area contributed by atoms with Gasteiger partial charge < -0.3 is 14.8 Å². The Kier molecular flexibility index (Phi) is 3.30. The maximum Gasteiger partial charge on any atom is 0.0475 e. The van der Waals surface area contributed by atoms with E-state index in [4.69, 9.17) is 0 Å². The fraction of sp³-hybridized carbons (Fsp3) is 0.375. The minimum absolute atomic E-state index is 1.08. The third-order valence-corrected chi connectivity index (χ3v) is 3.84. The van der Waals surface area contributed by atoms with Crippen LogP contribution in [0.25, 0.3) is 5.69 Å². The highest BCUT2D eigenvalue weighted by molar-refractivity contribution is 5.54. The van der Waals surface area contributed by atoms with Crippen molar-refractivity contribution in [3.8, 4) is 5.69 Å². The van der Waals surface area contributed by atoms with E-state index in [1.807, 2.05) is 0 Å². The van der Waals surface area contributed by atoms with Crippen molar-refractivity contribution in [3.05, 3.63) is 47.8 Å². The lowest BCUT2D eigenvalue weighted by atomic mass is 10.2. The second-order valence-corrected chi connectivity index (χ2v) is 5.21. The molecule has 0 unspecified atom stereocenters. The molecule has 0 atom stereocenters. The van der Waals surface area contributed by atoms with Gasteiger partial charge in [-0.2, -0.15) is 0 Å². The molecule has 0 bridgehead atoms. The number of benzene rings is 1. The van der Waals surface area contributed by atoms with Crippen LogP contribution < -0.4 is 10.2 Å². The molecule has 0 radical (unpaired) electrons. The lowest BCUT2D eigenvalue weighted by molar-refractivity contribution is 0.589. The van der Waals surface area contributed by atoms with Crippen molar-refractivity contribution in [1.29, 1.82) is 0 Å². The molecule has 1 N–H and O–H groups in total. The highest BCUT2D eigenvalue weighted by atomic mass is 15.2. The van der Waals surface area contributed by atoms with Gasteiger partial charge in [-0.15, -0.1) is 0 Å². The average Bonchev–Trinajstić information content (AvgIpc) is 2.79. The van der Waals surface area contributed by atoms with Gasteiger partial charge in [0, 0.05) is 48.9 Å². The van der Waals surface area contributed by atoms with Crippen molar-refractivity contribution in [3.63, 3.8) is 0 Å². The fourth-order valence-electron chi connectivity index (χ4n) is 2.83. The quantitative estimate of drug-likeness (QED) is 0.889. The van der Waals surface area contributed by atoms with Crippen LogP contribution in [0.2, 0.25) is 0 Å². The molecule has 19 heavy (non-hydrogen) atoms. The van der Waals surface area contributed by atoms with E-state index in [1.165, 1.54) is 22.8 Å². The maximum absolute atomic E-state index is 3.40. The first-order valence-corrected chi connectivity index (χ1v) is 6.97. The number of aromatic nitrogens is 1. The summed E-state index contributed by atoms with van der Waals surface area (Å²) in [6.07, 6.45) is 0.